The fraction of sp³-hybridized carbons (Fsp3) is 0.0833. The first-order chi connectivity index (χ1) is 6.90. The minimum atomic E-state index is 0.916. The molecule has 1 aromatic carbocycles. The van der Waals surface area contributed by atoms with Gasteiger partial charge >= 0.3 is 0 Å². The van der Waals surface area contributed by atoms with Crippen molar-refractivity contribution in [2.24, 2.45) is 0 Å². The van der Waals surface area contributed by atoms with E-state index in [2.05, 4.69) is 35.9 Å². The van der Waals surface area contributed by atoms with E-state index in [1.165, 1.54) is 5.56 Å². The fourth-order valence-electron chi connectivity index (χ4n) is 1.37. The van der Waals surface area contributed by atoms with Crippen molar-refractivity contribution >= 4 is 0 Å². The normalized spacial score (nSPS) is 10.0. The first kappa shape index (κ1) is 8.75. The molecule has 0 bridgehead atoms. The summed E-state index contributed by atoms with van der Waals surface area (Å²) < 4.78 is 1.84. The van der Waals surface area contributed by atoms with Gasteiger partial charge in [-0.1, -0.05) is 18.2 Å². The van der Waals surface area contributed by atoms with Crippen molar-refractivity contribution in [3.8, 4) is 5.69 Å². The second-order valence-corrected chi connectivity index (χ2v) is 3.11. The molecule has 0 aliphatic heterocycles. The summed E-state index contributed by atoms with van der Waals surface area (Å²) in [5.74, 6) is 0. The van der Waals surface area contributed by atoms with Gasteiger partial charge in [0.2, 0.25) is 0 Å². The lowest BCUT2D eigenvalue weighted by atomic mass is 10.1. The van der Waals surface area contributed by atoms with E-state index >= 15 is 0 Å². The van der Waals surface area contributed by atoms with E-state index in [1.807, 2.05) is 23.0 Å². The number of allylic oxidation sites excluding steroid dienone is 1. The predicted octanol–water partition coefficient (Wildman–Crippen LogP) is 2.60. The first-order valence-corrected chi connectivity index (χ1v) is 4.60. The van der Waals surface area contributed by atoms with E-state index in [0.717, 1.165) is 12.1 Å². The summed E-state index contributed by atoms with van der Waals surface area (Å²) in [6.45, 7) is 3.71. The zero-order chi connectivity index (χ0) is 9.80. The van der Waals surface area contributed by atoms with Crippen LogP contribution in [0.4, 0.5) is 0 Å². The predicted molar refractivity (Wildman–Crippen MR) is 57.5 cm³/mol. The summed E-state index contributed by atoms with van der Waals surface area (Å²) in [5, 5.41) is 4.16. The van der Waals surface area contributed by atoms with Crippen LogP contribution in [-0.2, 0) is 6.42 Å². The largest absolute Gasteiger partial charge is 0.241 e. The molecule has 0 aliphatic carbocycles. The lowest BCUT2D eigenvalue weighted by molar-refractivity contribution is 0.879. The first-order valence-electron chi connectivity index (χ1n) is 4.60. The maximum atomic E-state index is 4.16. The monoisotopic (exact) mass is 184 g/mol. The molecule has 2 rings (SSSR count). The topological polar surface area (TPSA) is 17.8 Å². The Morgan fingerprint density at radius 3 is 2.64 bits per heavy atom. The smallest absolute Gasteiger partial charge is 0.0645 e. The minimum absolute atomic E-state index is 0.916. The van der Waals surface area contributed by atoms with Crippen LogP contribution < -0.4 is 0 Å². The quantitative estimate of drug-likeness (QED) is 0.670. The molecule has 0 fully saturated rings. The average Bonchev–Trinajstić information content (AvgIpc) is 2.72. The van der Waals surface area contributed by atoms with Gasteiger partial charge in [-0.3, -0.25) is 0 Å². The number of hydrogen-bond donors (Lipinski definition) is 0. The molecular weight excluding hydrogens is 172 g/mol. The van der Waals surface area contributed by atoms with Crippen molar-refractivity contribution in [3.63, 3.8) is 0 Å². The molecule has 0 aliphatic rings. The molecule has 2 heteroatoms. The molecule has 0 atom stereocenters. The second kappa shape index (κ2) is 3.92. The van der Waals surface area contributed by atoms with Crippen LogP contribution in [0.3, 0.4) is 0 Å². The maximum Gasteiger partial charge on any atom is 0.0645 e. The molecule has 1 heterocycles. The number of hydrogen-bond acceptors (Lipinski definition) is 1. The third-order valence-electron chi connectivity index (χ3n) is 2.09. The Morgan fingerprint density at radius 2 is 2.07 bits per heavy atom. The van der Waals surface area contributed by atoms with Gasteiger partial charge in [-0.2, -0.15) is 5.10 Å². The van der Waals surface area contributed by atoms with Gasteiger partial charge in [-0.05, 0) is 30.2 Å². The Bertz CT molecular complexity index is 398. The van der Waals surface area contributed by atoms with Crippen molar-refractivity contribution in [2.45, 2.75) is 6.42 Å². The van der Waals surface area contributed by atoms with E-state index in [4.69, 9.17) is 0 Å². The highest BCUT2D eigenvalue weighted by Crippen LogP contribution is 2.08. The molecule has 2 aromatic rings. The standard InChI is InChI=1S/C12H12N2/c1-2-4-11-5-7-12(8-6-11)14-10-3-9-13-14/h2-3,5-10H,1,4H2. The van der Waals surface area contributed by atoms with E-state index in [1.54, 1.807) is 6.20 Å². The molecule has 0 unspecified atom stereocenters. The zero-order valence-corrected chi connectivity index (χ0v) is 7.93. The SMILES string of the molecule is C=CCc1ccc(-n2cccn2)cc1. The Labute approximate surface area is 83.5 Å². The molecule has 1 aromatic heterocycles. The van der Waals surface area contributed by atoms with Crippen LogP contribution in [0.1, 0.15) is 5.56 Å². The Balaban J connectivity index is 2.26. The van der Waals surface area contributed by atoms with Gasteiger partial charge in [-0.15, -0.1) is 6.58 Å². The number of benzene rings is 1. The third kappa shape index (κ3) is 1.74. The highest BCUT2D eigenvalue weighted by molar-refractivity contribution is 5.34. The molecule has 0 amide bonds. The van der Waals surface area contributed by atoms with Gasteiger partial charge in [0.05, 0.1) is 5.69 Å². The van der Waals surface area contributed by atoms with E-state index in [0.29, 0.717) is 0 Å². The van der Waals surface area contributed by atoms with Crippen molar-refractivity contribution in [3.05, 3.63) is 60.9 Å². The van der Waals surface area contributed by atoms with E-state index in [9.17, 15) is 0 Å². The van der Waals surface area contributed by atoms with Gasteiger partial charge in [0.15, 0.2) is 0 Å². The maximum absolute atomic E-state index is 4.16. The van der Waals surface area contributed by atoms with Crippen molar-refractivity contribution in [1.29, 1.82) is 0 Å². The van der Waals surface area contributed by atoms with Gasteiger partial charge in [0, 0.05) is 12.4 Å². The molecule has 0 radical (unpaired) electrons. The Hall–Kier alpha value is -1.83. The van der Waals surface area contributed by atoms with Crippen LogP contribution in [-0.4, -0.2) is 9.78 Å². The molecule has 0 spiro atoms. The lowest BCUT2D eigenvalue weighted by Gasteiger charge is -2.02. The average molecular weight is 184 g/mol. The highest BCUT2D eigenvalue weighted by atomic mass is 15.3. The van der Waals surface area contributed by atoms with Crippen LogP contribution in [0, 0.1) is 0 Å². The van der Waals surface area contributed by atoms with Crippen LogP contribution in [0.2, 0.25) is 0 Å². The van der Waals surface area contributed by atoms with Gasteiger partial charge in [-0.25, -0.2) is 4.68 Å². The van der Waals surface area contributed by atoms with Gasteiger partial charge in [0.25, 0.3) is 0 Å². The molecule has 2 nitrogen and oxygen atoms in total. The summed E-state index contributed by atoms with van der Waals surface area (Å²) in [6.07, 6.45) is 6.53. The third-order valence-corrected chi connectivity index (χ3v) is 2.09. The van der Waals surface area contributed by atoms with Crippen LogP contribution >= 0.6 is 0 Å². The van der Waals surface area contributed by atoms with Crippen molar-refractivity contribution in [1.82, 2.24) is 9.78 Å². The second-order valence-electron chi connectivity index (χ2n) is 3.11. The van der Waals surface area contributed by atoms with E-state index < -0.39 is 0 Å². The number of aromatic nitrogens is 2. The number of nitrogens with zero attached hydrogens (tertiary/aromatic N) is 2. The van der Waals surface area contributed by atoms with Crippen LogP contribution in [0.15, 0.2) is 55.4 Å². The molecule has 0 saturated heterocycles. The van der Waals surface area contributed by atoms with Gasteiger partial charge in [0.1, 0.15) is 0 Å². The molecule has 0 N–H and O–H groups in total. The molecular formula is C12H12N2. The van der Waals surface area contributed by atoms with E-state index in [-0.39, 0.29) is 0 Å². The van der Waals surface area contributed by atoms with Gasteiger partial charge < -0.3 is 0 Å². The highest BCUT2D eigenvalue weighted by Gasteiger charge is 1.95. The van der Waals surface area contributed by atoms with Crippen molar-refractivity contribution in [2.75, 3.05) is 0 Å². The number of rotatable bonds is 3. The summed E-state index contributed by atoms with van der Waals surface area (Å²) in [5.41, 5.74) is 2.36. The zero-order valence-electron chi connectivity index (χ0n) is 7.93. The molecule has 14 heavy (non-hydrogen) atoms. The fourth-order valence-corrected chi connectivity index (χ4v) is 1.37. The van der Waals surface area contributed by atoms with Crippen LogP contribution in [0.5, 0.6) is 0 Å². The lowest BCUT2D eigenvalue weighted by Crippen LogP contribution is -1.93. The van der Waals surface area contributed by atoms with Crippen molar-refractivity contribution < 1.29 is 0 Å². The summed E-state index contributed by atoms with van der Waals surface area (Å²) >= 11 is 0. The Morgan fingerprint density at radius 1 is 1.29 bits per heavy atom. The summed E-state index contributed by atoms with van der Waals surface area (Å²) in [4.78, 5) is 0. The minimum Gasteiger partial charge on any atom is -0.241 e. The molecule has 0 saturated carbocycles. The van der Waals surface area contributed by atoms with Crippen LogP contribution in [0.25, 0.3) is 5.69 Å². The Kier molecular flexibility index (Phi) is 2.45. The molecule has 70 valence electrons. The summed E-state index contributed by atoms with van der Waals surface area (Å²) in [6, 6.07) is 10.2. The summed E-state index contributed by atoms with van der Waals surface area (Å²) in [7, 11) is 0.